The number of rotatable bonds is 7. The van der Waals surface area contributed by atoms with Crippen molar-refractivity contribution >= 4 is 28.8 Å². The van der Waals surface area contributed by atoms with Crippen LogP contribution in [0.5, 0.6) is 5.75 Å². The Balaban J connectivity index is 1.39. The van der Waals surface area contributed by atoms with Crippen molar-refractivity contribution in [2.75, 3.05) is 0 Å². The van der Waals surface area contributed by atoms with Crippen LogP contribution in [0, 0.1) is 0 Å². The number of nitrogens with one attached hydrogen (secondary N) is 1. The molecule has 0 aliphatic heterocycles. The number of aromatic nitrogens is 2. The molecule has 0 aliphatic rings. The fourth-order valence-corrected chi connectivity index (χ4v) is 3.68. The molecule has 2 heterocycles. The van der Waals surface area contributed by atoms with E-state index in [1.807, 2.05) is 60.7 Å². The average molecular weight is 436 g/mol. The second-order valence-corrected chi connectivity index (χ2v) is 7.82. The predicted octanol–water partition coefficient (Wildman–Crippen LogP) is 5.37. The van der Waals surface area contributed by atoms with Gasteiger partial charge < -0.3 is 10.1 Å². The number of halogens is 1. The third kappa shape index (κ3) is 5.23. The van der Waals surface area contributed by atoms with Crippen LogP contribution in [-0.4, -0.2) is 15.9 Å². The minimum Gasteiger partial charge on any atom is -0.489 e. The van der Waals surface area contributed by atoms with Crippen molar-refractivity contribution in [3.8, 4) is 16.3 Å². The second kappa shape index (κ2) is 9.52. The van der Waals surface area contributed by atoms with Crippen molar-refractivity contribution in [3.05, 3.63) is 100 Å². The third-order valence-corrected chi connectivity index (χ3v) is 5.46. The molecule has 0 saturated heterocycles. The molecule has 0 radical (unpaired) electrons. The summed E-state index contributed by atoms with van der Waals surface area (Å²) in [6.07, 6.45) is 3.42. The van der Waals surface area contributed by atoms with Gasteiger partial charge in [-0.3, -0.25) is 9.78 Å². The number of carbonyl (C=O) groups is 1. The first-order valence-electron chi connectivity index (χ1n) is 9.28. The van der Waals surface area contributed by atoms with E-state index >= 15 is 0 Å². The lowest BCUT2D eigenvalue weighted by Gasteiger charge is -2.07. The molecular weight excluding hydrogens is 418 g/mol. The standard InChI is InChI=1S/C23H18ClN3O2S/c24-19-8-6-16(7-9-19)14-29-20-5-1-4-18(11-20)23-27-21(15-30-23)22(28)26-13-17-3-2-10-25-12-17/h1-12,15H,13-14H2,(H,26,28). The van der Waals surface area contributed by atoms with Gasteiger partial charge in [0.15, 0.2) is 0 Å². The van der Waals surface area contributed by atoms with E-state index in [9.17, 15) is 4.79 Å². The molecule has 30 heavy (non-hydrogen) atoms. The molecule has 2 aromatic heterocycles. The molecule has 0 bridgehead atoms. The predicted molar refractivity (Wildman–Crippen MR) is 119 cm³/mol. The summed E-state index contributed by atoms with van der Waals surface area (Å²) in [4.78, 5) is 20.9. The zero-order valence-corrected chi connectivity index (χ0v) is 17.5. The van der Waals surface area contributed by atoms with Gasteiger partial charge in [-0.2, -0.15) is 0 Å². The zero-order valence-electron chi connectivity index (χ0n) is 15.9. The maximum atomic E-state index is 12.4. The topological polar surface area (TPSA) is 64.1 Å². The second-order valence-electron chi connectivity index (χ2n) is 6.52. The molecule has 4 aromatic rings. The summed E-state index contributed by atoms with van der Waals surface area (Å²) in [6, 6.07) is 19.0. The Morgan fingerprint density at radius 2 is 1.93 bits per heavy atom. The van der Waals surface area contributed by atoms with Crippen LogP contribution in [0.15, 0.2) is 78.4 Å². The van der Waals surface area contributed by atoms with Crippen LogP contribution in [-0.2, 0) is 13.2 Å². The molecule has 0 fully saturated rings. The highest BCUT2D eigenvalue weighted by atomic mass is 35.5. The minimum atomic E-state index is -0.212. The summed E-state index contributed by atoms with van der Waals surface area (Å²) >= 11 is 7.34. The first-order chi connectivity index (χ1) is 14.7. The molecule has 0 aliphatic carbocycles. The van der Waals surface area contributed by atoms with E-state index in [-0.39, 0.29) is 5.91 Å². The Labute approximate surface area is 183 Å². The highest BCUT2D eigenvalue weighted by molar-refractivity contribution is 7.13. The van der Waals surface area contributed by atoms with Gasteiger partial charge in [-0.15, -0.1) is 11.3 Å². The minimum absolute atomic E-state index is 0.212. The molecule has 2 aromatic carbocycles. The fourth-order valence-electron chi connectivity index (χ4n) is 2.75. The van der Waals surface area contributed by atoms with Gasteiger partial charge in [-0.1, -0.05) is 41.9 Å². The van der Waals surface area contributed by atoms with E-state index in [1.165, 1.54) is 11.3 Å². The number of benzene rings is 2. The Kier molecular flexibility index (Phi) is 6.37. The Morgan fingerprint density at radius 1 is 1.07 bits per heavy atom. The number of pyridine rings is 1. The Hall–Kier alpha value is -3.22. The molecule has 7 heteroatoms. The largest absolute Gasteiger partial charge is 0.489 e. The molecular formula is C23H18ClN3O2S. The van der Waals surface area contributed by atoms with Crippen LogP contribution in [0.25, 0.3) is 10.6 Å². The SMILES string of the molecule is O=C(NCc1cccnc1)c1csc(-c2cccc(OCc3ccc(Cl)cc3)c2)n1. The summed E-state index contributed by atoms with van der Waals surface area (Å²) < 4.78 is 5.88. The van der Waals surface area contributed by atoms with Crippen LogP contribution in [0.3, 0.4) is 0 Å². The van der Waals surface area contributed by atoms with Crippen molar-refractivity contribution in [1.29, 1.82) is 0 Å². The number of ether oxygens (including phenoxy) is 1. The number of amides is 1. The quantitative estimate of drug-likeness (QED) is 0.424. The molecule has 0 unspecified atom stereocenters. The molecule has 150 valence electrons. The number of thiazole rings is 1. The number of nitrogens with zero attached hydrogens (tertiary/aromatic N) is 2. The highest BCUT2D eigenvalue weighted by Crippen LogP contribution is 2.27. The van der Waals surface area contributed by atoms with Crippen molar-refractivity contribution < 1.29 is 9.53 Å². The van der Waals surface area contributed by atoms with E-state index < -0.39 is 0 Å². The first kappa shape index (κ1) is 20.1. The molecule has 1 N–H and O–H groups in total. The third-order valence-electron chi connectivity index (χ3n) is 4.31. The molecule has 4 rings (SSSR count). The van der Waals surface area contributed by atoms with Crippen LogP contribution < -0.4 is 10.1 Å². The summed E-state index contributed by atoms with van der Waals surface area (Å²) in [5.41, 5.74) is 3.27. The van der Waals surface area contributed by atoms with Crippen molar-refractivity contribution in [2.45, 2.75) is 13.2 Å². The summed E-state index contributed by atoms with van der Waals surface area (Å²) in [5, 5.41) is 6.09. The van der Waals surface area contributed by atoms with E-state index in [0.29, 0.717) is 23.9 Å². The average Bonchev–Trinajstić information content (AvgIpc) is 3.29. The zero-order chi connectivity index (χ0) is 20.8. The van der Waals surface area contributed by atoms with Crippen LogP contribution in [0.2, 0.25) is 5.02 Å². The van der Waals surface area contributed by atoms with E-state index in [4.69, 9.17) is 16.3 Å². The van der Waals surface area contributed by atoms with Gasteiger partial charge in [0.25, 0.3) is 5.91 Å². The monoisotopic (exact) mass is 435 g/mol. The van der Waals surface area contributed by atoms with E-state index in [2.05, 4.69) is 15.3 Å². The normalized spacial score (nSPS) is 10.6. The van der Waals surface area contributed by atoms with Crippen molar-refractivity contribution in [3.63, 3.8) is 0 Å². The molecule has 1 amide bonds. The fraction of sp³-hybridized carbons (Fsp3) is 0.0870. The van der Waals surface area contributed by atoms with Gasteiger partial charge in [0.05, 0.1) is 0 Å². The van der Waals surface area contributed by atoms with Crippen molar-refractivity contribution in [2.24, 2.45) is 0 Å². The van der Waals surface area contributed by atoms with Gasteiger partial charge in [-0.05, 0) is 41.5 Å². The lowest BCUT2D eigenvalue weighted by atomic mass is 10.2. The number of carbonyl (C=O) groups excluding carboxylic acids is 1. The summed E-state index contributed by atoms with van der Waals surface area (Å²) in [5.74, 6) is 0.525. The Bertz CT molecular complexity index is 1130. The van der Waals surface area contributed by atoms with Gasteiger partial charge in [0.2, 0.25) is 0 Å². The lowest BCUT2D eigenvalue weighted by molar-refractivity contribution is 0.0946. The Morgan fingerprint density at radius 3 is 2.73 bits per heavy atom. The van der Waals surface area contributed by atoms with Crippen LogP contribution >= 0.6 is 22.9 Å². The van der Waals surface area contributed by atoms with Gasteiger partial charge >= 0.3 is 0 Å². The summed E-state index contributed by atoms with van der Waals surface area (Å²) in [7, 11) is 0. The van der Waals surface area contributed by atoms with Gasteiger partial charge in [0.1, 0.15) is 23.1 Å². The molecule has 5 nitrogen and oxygen atoms in total. The van der Waals surface area contributed by atoms with Crippen molar-refractivity contribution in [1.82, 2.24) is 15.3 Å². The molecule has 0 saturated carbocycles. The maximum absolute atomic E-state index is 12.4. The molecule has 0 atom stereocenters. The van der Waals surface area contributed by atoms with Crippen LogP contribution in [0.4, 0.5) is 0 Å². The van der Waals surface area contributed by atoms with Gasteiger partial charge in [0, 0.05) is 34.9 Å². The van der Waals surface area contributed by atoms with Crippen LogP contribution in [0.1, 0.15) is 21.6 Å². The first-order valence-corrected chi connectivity index (χ1v) is 10.5. The maximum Gasteiger partial charge on any atom is 0.271 e. The van der Waals surface area contributed by atoms with E-state index in [1.54, 1.807) is 17.8 Å². The highest BCUT2D eigenvalue weighted by Gasteiger charge is 2.12. The smallest absolute Gasteiger partial charge is 0.271 e. The number of hydrogen-bond acceptors (Lipinski definition) is 5. The lowest BCUT2D eigenvalue weighted by Crippen LogP contribution is -2.23. The summed E-state index contributed by atoms with van der Waals surface area (Å²) in [6.45, 7) is 0.855. The van der Waals surface area contributed by atoms with E-state index in [0.717, 1.165) is 27.4 Å². The van der Waals surface area contributed by atoms with Gasteiger partial charge in [-0.25, -0.2) is 4.98 Å². The number of hydrogen-bond donors (Lipinski definition) is 1. The molecule has 0 spiro atoms.